The average Bonchev–Trinajstić information content (AvgIpc) is 2.68. The highest BCUT2D eigenvalue weighted by atomic mass is 16.6. The summed E-state index contributed by atoms with van der Waals surface area (Å²) < 4.78 is 5.56. The Morgan fingerprint density at radius 3 is 2.24 bits per heavy atom. The summed E-state index contributed by atoms with van der Waals surface area (Å²) in [5.41, 5.74) is -0.208. The molecule has 1 unspecified atom stereocenters. The monoisotopic (exact) mass is 353 g/mol. The molecule has 2 fully saturated rings. The summed E-state index contributed by atoms with van der Waals surface area (Å²) in [5.74, 6) is 0.738. The van der Waals surface area contributed by atoms with Gasteiger partial charge in [-0.1, -0.05) is 13.8 Å². The maximum absolute atomic E-state index is 12.4. The third-order valence-corrected chi connectivity index (χ3v) is 5.47. The molecule has 0 N–H and O–H groups in total. The van der Waals surface area contributed by atoms with Crippen LogP contribution in [0.2, 0.25) is 0 Å². The summed E-state index contributed by atoms with van der Waals surface area (Å²) in [6.45, 7) is 20.2. The first-order valence-electron chi connectivity index (χ1n) is 10.0. The van der Waals surface area contributed by atoms with Crippen molar-refractivity contribution in [2.45, 2.75) is 71.9 Å². The van der Waals surface area contributed by atoms with E-state index >= 15 is 0 Å². The first-order chi connectivity index (χ1) is 11.6. The molecule has 2 heterocycles. The summed E-state index contributed by atoms with van der Waals surface area (Å²) >= 11 is 0. The molecule has 0 aliphatic carbocycles. The fraction of sp³-hybridized carbons (Fsp3) is 0.950. The van der Waals surface area contributed by atoms with E-state index in [1.54, 1.807) is 0 Å². The highest BCUT2D eigenvalue weighted by Gasteiger charge is 2.37. The topological polar surface area (TPSA) is 36.0 Å². The van der Waals surface area contributed by atoms with Crippen LogP contribution >= 0.6 is 0 Å². The molecule has 2 saturated heterocycles. The molecule has 2 aliphatic heterocycles. The van der Waals surface area contributed by atoms with Gasteiger partial charge in [-0.15, -0.1) is 0 Å². The summed E-state index contributed by atoms with van der Waals surface area (Å²) in [7, 11) is 0. The van der Waals surface area contributed by atoms with Gasteiger partial charge in [-0.2, -0.15) is 0 Å². The zero-order valence-corrected chi connectivity index (χ0v) is 17.3. The van der Waals surface area contributed by atoms with E-state index in [9.17, 15) is 4.79 Å². The molecule has 2 aliphatic rings. The van der Waals surface area contributed by atoms with Crippen LogP contribution in [0.5, 0.6) is 0 Å². The second-order valence-electron chi connectivity index (χ2n) is 9.50. The van der Waals surface area contributed by atoms with Crippen LogP contribution in [-0.2, 0) is 4.74 Å². The lowest BCUT2D eigenvalue weighted by Gasteiger charge is -2.46. The number of rotatable bonds is 3. The molecular formula is C20H39N3O2. The van der Waals surface area contributed by atoms with E-state index in [1.807, 2.05) is 25.7 Å². The summed E-state index contributed by atoms with van der Waals surface area (Å²) in [5, 5.41) is 0. The second kappa shape index (κ2) is 8.26. The summed E-state index contributed by atoms with van der Waals surface area (Å²) in [4.78, 5) is 19.6. The molecule has 1 amide bonds. The third-order valence-electron chi connectivity index (χ3n) is 5.47. The molecule has 5 nitrogen and oxygen atoms in total. The van der Waals surface area contributed by atoms with Crippen LogP contribution in [0.3, 0.4) is 0 Å². The van der Waals surface area contributed by atoms with Crippen molar-refractivity contribution in [1.29, 1.82) is 0 Å². The van der Waals surface area contributed by atoms with Crippen LogP contribution in [0.25, 0.3) is 0 Å². The van der Waals surface area contributed by atoms with Crippen molar-refractivity contribution >= 4 is 6.09 Å². The smallest absolute Gasteiger partial charge is 0.410 e. The molecular weight excluding hydrogens is 314 g/mol. The average molecular weight is 354 g/mol. The highest BCUT2D eigenvalue weighted by molar-refractivity contribution is 5.68. The van der Waals surface area contributed by atoms with Gasteiger partial charge in [-0.05, 0) is 52.9 Å². The third kappa shape index (κ3) is 6.14. The second-order valence-corrected chi connectivity index (χ2v) is 9.50. The number of amides is 1. The van der Waals surface area contributed by atoms with E-state index < -0.39 is 5.60 Å². The van der Waals surface area contributed by atoms with E-state index in [1.165, 1.54) is 19.6 Å². The van der Waals surface area contributed by atoms with Gasteiger partial charge < -0.3 is 14.5 Å². The Balaban J connectivity index is 1.88. The molecule has 0 radical (unpaired) electrons. The first kappa shape index (κ1) is 20.5. The predicted octanol–water partition coefficient (Wildman–Crippen LogP) is 3.44. The summed E-state index contributed by atoms with van der Waals surface area (Å²) in [6, 6.07) is 0. The van der Waals surface area contributed by atoms with Crippen LogP contribution in [-0.4, -0.2) is 77.7 Å². The molecule has 0 aromatic carbocycles. The number of carbonyl (C=O) groups excluding carboxylic acids is 1. The number of likely N-dealkylation sites (tertiary alicyclic amines) is 1. The minimum Gasteiger partial charge on any atom is -0.444 e. The van der Waals surface area contributed by atoms with Crippen molar-refractivity contribution < 1.29 is 9.53 Å². The van der Waals surface area contributed by atoms with Crippen molar-refractivity contribution in [1.82, 2.24) is 14.7 Å². The Kier molecular flexibility index (Phi) is 6.77. The van der Waals surface area contributed by atoms with Gasteiger partial charge in [0.25, 0.3) is 0 Å². The van der Waals surface area contributed by atoms with Crippen molar-refractivity contribution in [2.24, 2.45) is 5.92 Å². The lowest BCUT2D eigenvalue weighted by molar-refractivity contribution is 0.0190. The molecule has 1 atom stereocenters. The van der Waals surface area contributed by atoms with E-state index in [-0.39, 0.29) is 11.6 Å². The van der Waals surface area contributed by atoms with Crippen LogP contribution < -0.4 is 0 Å². The molecule has 0 spiro atoms. The van der Waals surface area contributed by atoms with Crippen LogP contribution in [0.15, 0.2) is 0 Å². The SMILES string of the molecule is CC(C)CN1CCN(C2(C)CCCN(C(=O)OC(C)(C)C)CC2)CC1. The van der Waals surface area contributed by atoms with Crippen molar-refractivity contribution in [2.75, 3.05) is 45.8 Å². The molecule has 0 aromatic heterocycles. The van der Waals surface area contributed by atoms with E-state index in [2.05, 4.69) is 30.6 Å². The Hall–Kier alpha value is -0.810. The van der Waals surface area contributed by atoms with Crippen LogP contribution in [0.4, 0.5) is 4.79 Å². The number of nitrogens with zero attached hydrogens (tertiary/aromatic N) is 3. The Bertz CT molecular complexity index is 439. The van der Waals surface area contributed by atoms with Gasteiger partial charge in [0, 0.05) is 51.4 Å². The molecule has 25 heavy (non-hydrogen) atoms. The number of carbonyl (C=O) groups is 1. The van der Waals surface area contributed by atoms with Crippen molar-refractivity contribution in [3.63, 3.8) is 0 Å². The minimum atomic E-state index is -0.417. The van der Waals surface area contributed by atoms with Crippen LogP contribution in [0.1, 0.15) is 60.8 Å². The zero-order chi connectivity index (χ0) is 18.7. The highest BCUT2D eigenvalue weighted by Crippen LogP contribution is 2.30. The van der Waals surface area contributed by atoms with Gasteiger partial charge in [0.2, 0.25) is 0 Å². The van der Waals surface area contributed by atoms with Gasteiger partial charge in [0.15, 0.2) is 0 Å². The Labute approximate surface area is 154 Å². The van der Waals surface area contributed by atoms with Crippen LogP contribution in [0, 0.1) is 5.92 Å². The minimum absolute atomic E-state index is 0.154. The Morgan fingerprint density at radius 1 is 1.04 bits per heavy atom. The first-order valence-corrected chi connectivity index (χ1v) is 10.0. The number of hydrogen-bond donors (Lipinski definition) is 0. The normalized spacial score (nSPS) is 27.4. The van der Waals surface area contributed by atoms with Gasteiger partial charge in [-0.3, -0.25) is 4.90 Å². The van der Waals surface area contributed by atoms with Crippen molar-refractivity contribution in [3.8, 4) is 0 Å². The standard InChI is InChI=1S/C20H39N3O2/c1-17(2)16-21-12-14-23(15-13-21)20(6)8-7-10-22(11-9-20)18(24)25-19(3,4)5/h17H,7-16H2,1-6H3. The Morgan fingerprint density at radius 2 is 1.68 bits per heavy atom. The summed E-state index contributed by atoms with van der Waals surface area (Å²) in [6.07, 6.45) is 3.10. The molecule has 146 valence electrons. The fourth-order valence-corrected chi connectivity index (χ4v) is 4.08. The van der Waals surface area contributed by atoms with Gasteiger partial charge in [-0.25, -0.2) is 4.79 Å². The number of hydrogen-bond acceptors (Lipinski definition) is 4. The number of ether oxygens (including phenoxy) is 1. The maximum atomic E-state index is 12.4. The van der Waals surface area contributed by atoms with Crippen molar-refractivity contribution in [3.05, 3.63) is 0 Å². The van der Waals surface area contributed by atoms with E-state index in [0.717, 1.165) is 51.4 Å². The molecule has 0 aromatic rings. The predicted molar refractivity (Wildman–Crippen MR) is 103 cm³/mol. The molecule has 5 heteroatoms. The van der Waals surface area contributed by atoms with E-state index in [4.69, 9.17) is 4.74 Å². The lowest BCUT2D eigenvalue weighted by atomic mass is 9.90. The molecule has 2 rings (SSSR count). The van der Waals surface area contributed by atoms with Gasteiger partial charge in [0.05, 0.1) is 0 Å². The quantitative estimate of drug-likeness (QED) is 0.779. The van der Waals surface area contributed by atoms with E-state index in [0.29, 0.717) is 0 Å². The molecule has 0 bridgehead atoms. The lowest BCUT2D eigenvalue weighted by Crippen LogP contribution is -2.56. The zero-order valence-electron chi connectivity index (χ0n) is 17.3. The maximum Gasteiger partial charge on any atom is 0.410 e. The largest absolute Gasteiger partial charge is 0.444 e. The number of piperazine rings is 1. The van der Waals surface area contributed by atoms with Gasteiger partial charge in [0.1, 0.15) is 5.60 Å². The van der Waals surface area contributed by atoms with Gasteiger partial charge >= 0.3 is 6.09 Å². The fourth-order valence-electron chi connectivity index (χ4n) is 4.08. The molecule has 0 saturated carbocycles.